The maximum Gasteiger partial charge on any atom is 0.253 e. The van der Waals surface area contributed by atoms with Crippen LogP contribution in [0.25, 0.3) is 0 Å². The van der Waals surface area contributed by atoms with Gasteiger partial charge in [-0.05, 0) is 56.0 Å². The molecule has 0 saturated carbocycles. The lowest BCUT2D eigenvalue weighted by atomic mass is 10.1. The van der Waals surface area contributed by atoms with Gasteiger partial charge in [0.2, 0.25) is 5.91 Å². The summed E-state index contributed by atoms with van der Waals surface area (Å²) in [5.74, 6) is 0.424. The Bertz CT molecular complexity index is 772. The Morgan fingerprint density at radius 2 is 1.66 bits per heavy atom. The summed E-state index contributed by atoms with van der Waals surface area (Å²) in [6, 6.07) is 17.0. The van der Waals surface area contributed by atoms with Gasteiger partial charge < -0.3 is 15.0 Å². The molecular weight excluding hydrogens is 364 g/mol. The van der Waals surface area contributed by atoms with Crippen LogP contribution in [0.1, 0.15) is 39.7 Å². The minimum atomic E-state index is -0.501. The molecule has 0 aliphatic heterocycles. The van der Waals surface area contributed by atoms with Crippen molar-refractivity contribution < 1.29 is 14.3 Å². The first kappa shape index (κ1) is 22.6. The molecule has 2 rings (SSSR count). The molecule has 0 spiro atoms. The molecule has 2 amide bonds. The molecule has 2 aromatic rings. The molecule has 0 aromatic heterocycles. The van der Waals surface area contributed by atoms with Crippen molar-refractivity contribution in [1.82, 2.24) is 0 Å². The van der Waals surface area contributed by atoms with Crippen molar-refractivity contribution in [2.45, 2.75) is 46.6 Å². The fraction of sp³-hybridized carbons (Fsp3) is 0.417. The van der Waals surface area contributed by atoms with Crippen LogP contribution in [0.5, 0.6) is 0 Å². The monoisotopic (exact) mass is 396 g/mol. The van der Waals surface area contributed by atoms with Crippen LogP contribution in [-0.4, -0.2) is 31.1 Å². The highest BCUT2D eigenvalue weighted by Crippen LogP contribution is 2.16. The molecule has 0 radical (unpaired) electrons. The molecule has 0 heterocycles. The van der Waals surface area contributed by atoms with Gasteiger partial charge in [-0.1, -0.05) is 44.2 Å². The molecule has 1 N–H and O–H groups in total. The maximum absolute atomic E-state index is 12.7. The Kier molecular flexibility index (Phi) is 8.87. The van der Waals surface area contributed by atoms with Crippen molar-refractivity contribution >= 4 is 23.2 Å². The topological polar surface area (TPSA) is 58.6 Å². The SMILES string of the molecule is CCN(C(=O)Cc1ccc(NC(=O)C(C)OCCC(C)C)cc1)c1ccccc1. The average Bonchev–Trinajstić information content (AvgIpc) is 2.70. The Hall–Kier alpha value is -2.66. The molecule has 1 atom stereocenters. The Labute approximate surface area is 174 Å². The van der Waals surface area contributed by atoms with E-state index < -0.39 is 6.10 Å². The molecule has 0 fully saturated rings. The van der Waals surface area contributed by atoms with Gasteiger partial charge in [-0.2, -0.15) is 0 Å². The van der Waals surface area contributed by atoms with Gasteiger partial charge in [0.25, 0.3) is 5.91 Å². The number of carbonyl (C=O) groups excluding carboxylic acids is 2. The van der Waals surface area contributed by atoms with Crippen LogP contribution >= 0.6 is 0 Å². The van der Waals surface area contributed by atoms with E-state index in [9.17, 15) is 9.59 Å². The number of nitrogens with one attached hydrogen (secondary N) is 1. The van der Waals surface area contributed by atoms with Gasteiger partial charge in [-0.25, -0.2) is 0 Å². The zero-order chi connectivity index (χ0) is 21.2. The van der Waals surface area contributed by atoms with Crippen molar-refractivity contribution in [3.63, 3.8) is 0 Å². The molecule has 0 bridgehead atoms. The second kappa shape index (κ2) is 11.4. The zero-order valence-corrected chi connectivity index (χ0v) is 17.9. The van der Waals surface area contributed by atoms with Crippen molar-refractivity contribution in [2.75, 3.05) is 23.4 Å². The summed E-state index contributed by atoms with van der Waals surface area (Å²) in [5.41, 5.74) is 2.50. The quantitative estimate of drug-likeness (QED) is 0.635. The van der Waals surface area contributed by atoms with Gasteiger partial charge >= 0.3 is 0 Å². The molecule has 29 heavy (non-hydrogen) atoms. The van der Waals surface area contributed by atoms with E-state index in [0.29, 0.717) is 31.2 Å². The predicted molar refractivity (Wildman–Crippen MR) is 118 cm³/mol. The number of benzene rings is 2. The molecule has 0 aliphatic carbocycles. The number of carbonyl (C=O) groups is 2. The number of amides is 2. The number of anilines is 2. The zero-order valence-electron chi connectivity index (χ0n) is 17.9. The van der Waals surface area contributed by atoms with Gasteiger partial charge in [0.1, 0.15) is 6.10 Å². The highest BCUT2D eigenvalue weighted by molar-refractivity contribution is 5.95. The molecule has 2 aromatic carbocycles. The Morgan fingerprint density at radius 3 is 2.24 bits per heavy atom. The fourth-order valence-corrected chi connectivity index (χ4v) is 2.89. The fourth-order valence-electron chi connectivity index (χ4n) is 2.89. The number of rotatable bonds is 10. The number of para-hydroxylation sites is 1. The number of likely N-dealkylation sites (N-methyl/N-ethyl adjacent to an activating group) is 1. The molecular formula is C24H32N2O3. The first-order chi connectivity index (χ1) is 13.9. The standard InChI is InChI=1S/C24H32N2O3/c1-5-26(22-9-7-6-8-10-22)23(27)17-20-11-13-21(14-12-20)25-24(28)19(4)29-16-15-18(2)3/h6-14,18-19H,5,15-17H2,1-4H3,(H,25,28). The highest BCUT2D eigenvalue weighted by atomic mass is 16.5. The summed E-state index contributed by atoms with van der Waals surface area (Å²) < 4.78 is 5.58. The van der Waals surface area contributed by atoms with Gasteiger partial charge in [-0.3, -0.25) is 9.59 Å². The normalized spacial score (nSPS) is 11.9. The predicted octanol–water partition coefficient (Wildman–Crippen LogP) is 4.67. The highest BCUT2D eigenvalue weighted by Gasteiger charge is 2.15. The number of hydrogen-bond donors (Lipinski definition) is 1. The van der Waals surface area contributed by atoms with Gasteiger partial charge in [0, 0.05) is 24.5 Å². The summed E-state index contributed by atoms with van der Waals surface area (Å²) in [4.78, 5) is 26.7. The lowest BCUT2D eigenvalue weighted by molar-refractivity contribution is -0.126. The largest absolute Gasteiger partial charge is 0.369 e. The van der Waals surface area contributed by atoms with E-state index in [-0.39, 0.29) is 11.8 Å². The van der Waals surface area contributed by atoms with E-state index in [1.54, 1.807) is 11.8 Å². The summed E-state index contributed by atoms with van der Waals surface area (Å²) >= 11 is 0. The third kappa shape index (κ3) is 7.35. The van der Waals surface area contributed by atoms with Crippen LogP contribution in [0.15, 0.2) is 54.6 Å². The molecule has 0 aliphatic rings. The van der Waals surface area contributed by atoms with Crippen molar-refractivity contribution in [3.05, 3.63) is 60.2 Å². The third-order valence-electron chi connectivity index (χ3n) is 4.69. The molecule has 1 unspecified atom stereocenters. The van der Waals surface area contributed by atoms with E-state index in [2.05, 4.69) is 19.2 Å². The minimum absolute atomic E-state index is 0.0441. The van der Waals surface area contributed by atoms with Crippen LogP contribution in [0, 0.1) is 5.92 Å². The minimum Gasteiger partial charge on any atom is -0.369 e. The number of hydrogen-bond acceptors (Lipinski definition) is 3. The summed E-state index contributed by atoms with van der Waals surface area (Å²) in [6.07, 6.45) is 0.739. The number of ether oxygens (including phenoxy) is 1. The second-order valence-corrected chi connectivity index (χ2v) is 7.53. The first-order valence-electron chi connectivity index (χ1n) is 10.3. The van der Waals surface area contributed by atoms with Crippen LogP contribution in [-0.2, 0) is 20.7 Å². The third-order valence-corrected chi connectivity index (χ3v) is 4.69. The lowest BCUT2D eigenvalue weighted by Crippen LogP contribution is -2.31. The van der Waals surface area contributed by atoms with Crippen LogP contribution < -0.4 is 10.2 Å². The first-order valence-corrected chi connectivity index (χ1v) is 10.3. The maximum atomic E-state index is 12.7. The van der Waals surface area contributed by atoms with E-state index in [1.807, 2.05) is 61.5 Å². The van der Waals surface area contributed by atoms with Gasteiger partial charge in [0.15, 0.2) is 0 Å². The summed E-state index contributed by atoms with van der Waals surface area (Å²) in [5, 5.41) is 2.86. The summed E-state index contributed by atoms with van der Waals surface area (Å²) in [7, 11) is 0. The van der Waals surface area contributed by atoms with E-state index in [4.69, 9.17) is 4.74 Å². The van der Waals surface area contributed by atoms with Gasteiger partial charge in [0.05, 0.1) is 6.42 Å². The number of nitrogens with zero attached hydrogens (tertiary/aromatic N) is 1. The van der Waals surface area contributed by atoms with Crippen molar-refractivity contribution in [2.24, 2.45) is 5.92 Å². The van der Waals surface area contributed by atoms with E-state index >= 15 is 0 Å². The molecule has 0 saturated heterocycles. The van der Waals surface area contributed by atoms with Crippen molar-refractivity contribution in [1.29, 1.82) is 0 Å². The van der Waals surface area contributed by atoms with Gasteiger partial charge in [-0.15, -0.1) is 0 Å². The lowest BCUT2D eigenvalue weighted by Gasteiger charge is -2.21. The Morgan fingerprint density at radius 1 is 1.00 bits per heavy atom. The second-order valence-electron chi connectivity index (χ2n) is 7.53. The smallest absolute Gasteiger partial charge is 0.253 e. The van der Waals surface area contributed by atoms with Crippen LogP contribution in [0.4, 0.5) is 11.4 Å². The molecule has 5 heteroatoms. The molecule has 156 valence electrons. The van der Waals surface area contributed by atoms with E-state index in [0.717, 1.165) is 17.7 Å². The van der Waals surface area contributed by atoms with Crippen molar-refractivity contribution in [3.8, 4) is 0 Å². The van der Waals surface area contributed by atoms with E-state index in [1.165, 1.54) is 0 Å². The average molecular weight is 397 g/mol. The van der Waals surface area contributed by atoms with Crippen LogP contribution in [0.2, 0.25) is 0 Å². The summed E-state index contributed by atoms with van der Waals surface area (Å²) in [6.45, 7) is 9.16. The molecule has 5 nitrogen and oxygen atoms in total. The Balaban J connectivity index is 1.89. The van der Waals surface area contributed by atoms with Crippen LogP contribution in [0.3, 0.4) is 0 Å².